The Kier molecular flexibility index (Phi) is 3.80. The number of morpholine rings is 1. The highest BCUT2D eigenvalue weighted by molar-refractivity contribution is 5.91. The Bertz CT molecular complexity index is 467. The number of hydrogen-bond donors (Lipinski definition) is 2. The van der Waals surface area contributed by atoms with Crippen LogP contribution in [0.4, 0.5) is 5.69 Å². The monoisotopic (exact) mass is 261 g/mol. The summed E-state index contributed by atoms with van der Waals surface area (Å²) in [5, 5.41) is 3.02. The lowest BCUT2D eigenvalue weighted by Crippen LogP contribution is -3.15. The summed E-state index contributed by atoms with van der Waals surface area (Å²) in [7, 11) is 0. The summed E-state index contributed by atoms with van der Waals surface area (Å²) in [6, 6.07) is 6.31. The minimum Gasteiger partial charge on any atom is -0.370 e. The van der Waals surface area contributed by atoms with Gasteiger partial charge in [0.15, 0.2) is 6.54 Å². The number of benzene rings is 1. The van der Waals surface area contributed by atoms with Crippen molar-refractivity contribution in [1.82, 2.24) is 0 Å². The molecule has 1 fully saturated rings. The number of aryl methyl sites for hydroxylation is 2. The number of carbonyl (C=O) groups excluding carboxylic acids is 1. The molecule has 4 heteroatoms. The lowest BCUT2D eigenvalue weighted by molar-refractivity contribution is -0.899. The van der Waals surface area contributed by atoms with Crippen LogP contribution in [0.5, 0.6) is 0 Å². The molecular formula is C15H21N2O2+. The standard InChI is InChI=1S/C15H20N2O2/c18-15(11-17-6-8-19-9-7-17)16-14-5-4-12-2-1-3-13(12)10-14/h4-5,10H,1-3,6-9,11H2,(H,16,18)/p+1. The molecule has 2 N–H and O–H groups in total. The van der Waals surface area contributed by atoms with Gasteiger partial charge in [0.05, 0.1) is 13.2 Å². The van der Waals surface area contributed by atoms with E-state index >= 15 is 0 Å². The first-order valence-electron chi connectivity index (χ1n) is 7.14. The molecule has 3 rings (SSSR count). The molecule has 0 bridgehead atoms. The molecular weight excluding hydrogens is 240 g/mol. The summed E-state index contributed by atoms with van der Waals surface area (Å²) in [6.07, 6.45) is 3.57. The Morgan fingerprint density at radius 2 is 2.00 bits per heavy atom. The molecule has 0 spiro atoms. The zero-order valence-corrected chi connectivity index (χ0v) is 11.2. The van der Waals surface area contributed by atoms with Crippen molar-refractivity contribution in [1.29, 1.82) is 0 Å². The van der Waals surface area contributed by atoms with Crippen molar-refractivity contribution < 1.29 is 14.4 Å². The number of hydrogen-bond acceptors (Lipinski definition) is 2. The second kappa shape index (κ2) is 5.72. The molecule has 0 saturated carbocycles. The van der Waals surface area contributed by atoms with Crippen molar-refractivity contribution >= 4 is 11.6 Å². The number of ether oxygens (including phenoxy) is 1. The van der Waals surface area contributed by atoms with Crippen LogP contribution < -0.4 is 10.2 Å². The number of nitrogens with one attached hydrogen (secondary N) is 2. The third-order valence-corrected chi connectivity index (χ3v) is 3.99. The van der Waals surface area contributed by atoms with Crippen LogP contribution in [0.1, 0.15) is 17.5 Å². The number of rotatable bonds is 3. The number of carbonyl (C=O) groups is 1. The van der Waals surface area contributed by atoms with Crippen molar-refractivity contribution in [3.8, 4) is 0 Å². The molecule has 4 nitrogen and oxygen atoms in total. The molecule has 0 radical (unpaired) electrons. The molecule has 102 valence electrons. The summed E-state index contributed by atoms with van der Waals surface area (Å²) in [5.41, 5.74) is 3.78. The summed E-state index contributed by atoms with van der Waals surface area (Å²) in [6.45, 7) is 3.93. The normalized spacial score (nSPS) is 19.2. The van der Waals surface area contributed by atoms with Crippen molar-refractivity contribution in [2.75, 3.05) is 38.2 Å². The predicted octanol–water partition coefficient (Wildman–Crippen LogP) is 0.0289. The van der Waals surface area contributed by atoms with Crippen molar-refractivity contribution in [3.05, 3.63) is 29.3 Å². The van der Waals surface area contributed by atoms with E-state index in [0.29, 0.717) is 6.54 Å². The van der Waals surface area contributed by atoms with Gasteiger partial charge >= 0.3 is 0 Å². The summed E-state index contributed by atoms with van der Waals surface area (Å²) in [5.74, 6) is 0.106. The van der Waals surface area contributed by atoms with Crippen LogP contribution in [0, 0.1) is 0 Å². The quantitative estimate of drug-likeness (QED) is 0.806. The van der Waals surface area contributed by atoms with Crippen LogP contribution in [-0.2, 0) is 22.4 Å². The fraction of sp³-hybridized carbons (Fsp3) is 0.533. The number of amides is 1. The van der Waals surface area contributed by atoms with E-state index < -0.39 is 0 Å². The third-order valence-electron chi connectivity index (χ3n) is 3.99. The number of fused-ring (bicyclic) bond motifs is 1. The summed E-state index contributed by atoms with van der Waals surface area (Å²) >= 11 is 0. The molecule has 0 unspecified atom stereocenters. The lowest BCUT2D eigenvalue weighted by Gasteiger charge is -2.23. The third kappa shape index (κ3) is 3.14. The van der Waals surface area contributed by atoms with Gasteiger partial charge in [-0.1, -0.05) is 6.07 Å². The molecule has 19 heavy (non-hydrogen) atoms. The maximum Gasteiger partial charge on any atom is 0.279 e. The highest BCUT2D eigenvalue weighted by atomic mass is 16.5. The highest BCUT2D eigenvalue weighted by Crippen LogP contribution is 2.24. The van der Waals surface area contributed by atoms with Crippen LogP contribution in [0.3, 0.4) is 0 Å². The maximum atomic E-state index is 12.0. The van der Waals surface area contributed by atoms with Gasteiger partial charge in [0.25, 0.3) is 5.91 Å². The van der Waals surface area contributed by atoms with Crippen LogP contribution in [0.2, 0.25) is 0 Å². The van der Waals surface area contributed by atoms with Gasteiger partial charge in [0.1, 0.15) is 13.1 Å². The molecule has 0 atom stereocenters. The van der Waals surface area contributed by atoms with Gasteiger partial charge in [-0.05, 0) is 42.5 Å². The average Bonchev–Trinajstić information content (AvgIpc) is 2.87. The Morgan fingerprint density at radius 3 is 2.84 bits per heavy atom. The minimum absolute atomic E-state index is 0.106. The molecule has 0 aromatic heterocycles. The Hall–Kier alpha value is -1.39. The summed E-state index contributed by atoms with van der Waals surface area (Å²) < 4.78 is 5.30. The van der Waals surface area contributed by atoms with E-state index in [9.17, 15) is 4.79 Å². The maximum absolute atomic E-state index is 12.0. The zero-order chi connectivity index (χ0) is 13.1. The fourth-order valence-electron chi connectivity index (χ4n) is 2.92. The van der Waals surface area contributed by atoms with E-state index in [1.807, 2.05) is 6.07 Å². The molecule has 1 aliphatic heterocycles. The van der Waals surface area contributed by atoms with E-state index in [4.69, 9.17) is 4.74 Å². The Morgan fingerprint density at radius 1 is 1.21 bits per heavy atom. The molecule has 2 aliphatic rings. The Balaban J connectivity index is 1.56. The van der Waals surface area contributed by atoms with Crippen LogP contribution in [0.15, 0.2) is 18.2 Å². The molecule has 1 saturated heterocycles. The smallest absolute Gasteiger partial charge is 0.279 e. The second-order valence-corrected chi connectivity index (χ2v) is 5.42. The van der Waals surface area contributed by atoms with Crippen LogP contribution in [0.25, 0.3) is 0 Å². The van der Waals surface area contributed by atoms with Gasteiger partial charge in [-0.15, -0.1) is 0 Å². The van der Waals surface area contributed by atoms with Gasteiger partial charge in [0.2, 0.25) is 0 Å². The zero-order valence-electron chi connectivity index (χ0n) is 11.2. The first kappa shape index (κ1) is 12.6. The molecule has 1 aromatic carbocycles. The number of anilines is 1. The van der Waals surface area contributed by atoms with Crippen molar-refractivity contribution in [2.45, 2.75) is 19.3 Å². The summed E-state index contributed by atoms with van der Waals surface area (Å²) in [4.78, 5) is 13.3. The SMILES string of the molecule is O=C(C[NH+]1CCOCC1)Nc1ccc2c(c1)CCC2. The molecule has 1 aromatic rings. The predicted molar refractivity (Wildman–Crippen MR) is 73.5 cm³/mol. The van der Waals surface area contributed by atoms with Gasteiger partial charge in [0, 0.05) is 5.69 Å². The molecule has 1 aliphatic carbocycles. The first-order valence-corrected chi connectivity index (χ1v) is 7.14. The lowest BCUT2D eigenvalue weighted by atomic mass is 10.1. The van der Waals surface area contributed by atoms with Crippen molar-refractivity contribution in [2.24, 2.45) is 0 Å². The van der Waals surface area contributed by atoms with E-state index in [0.717, 1.165) is 38.4 Å². The van der Waals surface area contributed by atoms with Gasteiger partial charge < -0.3 is 15.0 Å². The fourth-order valence-corrected chi connectivity index (χ4v) is 2.92. The average molecular weight is 261 g/mol. The molecule has 1 amide bonds. The minimum atomic E-state index is 0.106. The second-order valence-electron chi connectivity index (χ2n) is 5.42. The van der Waals surface area contributed by atoms with E-state index in [2.05, 4.69) is 17.4 Å². The van der Waals surface area contributed by atoms with Crippen LogP contribution >= 0.6 is 0 Å². The van der Waals surface area contributed by atoms with Crippen molar-refractivity contribution in [3.63, 3.8) is 0 Å². The van der Waals surface area contributed by atoms with Gasteiger partial charge in [-0.3, -0.25) is 4.79 Å². The topological polar surface area (TPSA) is 42.8 Å². The first-order chi connectivity index (χ1) is 9.31. The highest BCUT2D eigenvalue weighted by Gasteiger charge is 2.18. The van der Waals surface area contributed by atoms with Crippen LogP contribution in [-0.4, -0.2) is 38.8 Å². The van der Waals surface area contributed by atoms with Gasteiger partial charge in [-0.2, -0.15) is 0 Å². The van der Waals surface area contributed by atoms with E-state index in [-0.39, 0.29) is 5.91 Å². The van der Waals surface area contributed by atoms with Gasteiger partial charge in [-0.25, -0.2) is 0 Å². The largest absolute Gasteiger partial charge is 0.370 e. The molecule has 1 heterocycles. The number of quaternary nitrogens is 1. The van der Waals surface area contributed by atoms with E-state index in [1.165, 1.54) is 28.9 Å². The Labute approximate surface area is 113 Å². The van der Waals surface area contributed by atoms with E-state index in [1.54, 1.807) is 0 Å².